The maximum atomic E-state index is 5.69. The SMILES string of the molecule is ClCB1NB(CCl)NB(CCl)N1. The van der Waals surface area contributed by atoms with Crippen LogP contribution in [0, 0.1) is 0 Å². The van der Waals surface area contributed by atoms with Crippen molar-refractivity contribution >= 4 is 55.8 Å². The van der Waals surface area contributed by atoms with Gasteiger partial charge in [0.15, 0.2) is 0 Å². The molecule has 1 aliphatic heterocycles. The highest BCUT2D eigenvalue weighted by atomic mass is 35.5. The zero-order valence-corrected chi connectivity index (χ0v) is 8.76. The molecule has 0 aliphatic carbocycles. The second-order valence-corrected chi connectivity index (χ2v) is 3.55. The lowest BCUT2D eigenvalue weighted by Crippen LogP contribution is -2.76. The fourth-order valence-electron chi connectivity index (χ4n) is 1.14. The zero-order valence-electron chi connectivity index (χ0n) is 6.49. The number of halogens is 3. The van der Waals surface area contributed by atoms with Crippen LogP contribution < -0.4 is 15.4 Å². The Hall–Kier alpha value is 0.945. The average molecular weight is 226 g/mol. The summed E-state index contributed by atoms with van der Waals surface area (Å²) in [5, 5.41) is 9.52. The van der Waals surface area contributed by atoms with E-state index in [1.165, 1.54) is 0 Å². The summed E-state index contributed by atoms with van der Waals surface area (Å²) in [6.45, 7) is 0.251. The molecule has 0 amide bonds. The van der Waals surface area contributed by atoms with Gasteiger partial charge in [-0.3, -0.25) is 0 Å². The number of nitrogens with one attached hydrogen (secondary N) is 3. The molecular weight excluding hydrogens is 217 g/mol. The molecule has 9 heteroatoms. The Bertz CT molecular complexity index is 111. The van der Waals surface area contributed by atoms with Crippen molar-refractivity contribution < 1.29 is 0 Å². The summed E-state index contributed by atoms with van der Waals surface area (Å²) in [5.41, 5.74) is 0. The summed E-state index contributed by atoms with van der Waals surface area (Å²) in [4.78, 5) is 0. The van der Waals surface area contributed by atoms with Crippen molar-refractivity contribution in [3.8, 4) is 0 Å². The molecule has 0 atom stereocenters. The fraction of sp³-hybridized carbons (Fsp3) is 1.00. The molecule has 0 aromatic carbocycles. The van der Waals surface area contributed by atoms with Crippen LogP contribution in [0.15, 0.2) is 0 Å². The number of alkyl halides is 3. The molecule has 1 fully saturated rings. The minimum atomic E-state index is 0.0837. The van der Waals surface area contributed by atoms with Gasteiger partial charge in [0.1, 0.15) is 0 Å². The molecule has 0 unspecified atom stereocenters. The summed E-state index contributed by atoms with van der Waals surface area (Å²) >= 11 is 17.1. The lowest BCUT2D eigenvalue weighted by Gasteiger charge is -2.30. The molecule has 1 aliphatic rings. The zero-order chi connectivity index (χ0) is 8.97. The first-order chi connectivity index (χ1) is 5.80. The van der Waals surface area contributed by atoms with Crippen molar-refractivity contribution in [3.63, 3.8) is 0 Å². The lowest BCUT2D eigenvalue weighted by molar-refractivity contribution is 1.15. The van der Waals surface area contributed by atoms with Gasteiger partial charge in [-0.05, 0) is 0 Å². The van der Waals surface area contributed by atoms with Gasteiger partial charge in [-0.15, -0.1) is 34.8 Å². The van der Waals surface area contributed by atoms with Crippen molar-refractivity contribution in [2.24, 2.45) is 0 Å². The highest BCUT2D eigenvalue weighted by Crippen LogP contribution is 1.92. The quantitative estimate of drug-likeness (QED) is 0.451. The van der Waals surface area contributed by atoms with E-state index in [9.17, 15) is 0 Å². The Morgan fingerprint density at radius 3 is 1.08 bits per heavy atom. The maximum Gasteiger partial charge on any atom is 0.300 e. The van der Waals surface area contributed by atoms with Crippen LogP contribution in [0.4, 0.5) is 0 Å². The van der Waals surface area contributed by atoms with Crippen molar-refractivity contribution in [1.82, 2.24) is 15.4 Å². The van der Waals surface area contributed by atoms with Crippen molar-refractivity contribution in [1.29, 1.82) is 0 Å². The van der Waals surface area contributed by atoms with Gasteiger partial charge in [0, 0.05) is 17.3 Å². The van der Waals surface area contributed by atoms with Gasteiger partial charge < -0.3 is 15.4 Å². The minimum Gasteiger partial charge on any atom is -0.370 e. The van der Waals surface area contributed by atoms with E-state index in [0.717, 1.165) is 0 Å². The first-order valence-electron chi connectivity index (χ1n) is 3.76. The van der Waals surface area contributed by atoms with Gasteiger partial charge in [0.05, 0.1) is 0 Å². The number of hydrogen-bond donors (Lipinski definition) is 3. The Kier molecular flexibility index (Phi) is 5.17. The van der Waals surface area contributed by atoms with E-state index >= 15 is 0 Å². The second-order valence-electron chi connectivity index (χ2n) is 2.62. The molecule has 1 saturated heterocycles. The first kappa shape index (κ1) is 11.0. The molecule has 12 heavy (non-hydrogen) atoms. The Balaban J connectivity index is 2.41. The second kappa shape index (κ2) is 5.63. The first-order valence-corrected chi connectivity index (χ1v) is 5.36. The Labute approximate surface area is 88.6 Å². The van der Waals surface area contributed by atoms with Crippen molar-refractivity contribution in [2.45, 2.75) is 0 Å². The molecule has 3 N–H and O–H groups in total. The summed E-state index contributed by atoms with van der Waals surface area (Å²) in [5.74, 6) is 1.51. The molecule has 3 nitrogen and oxygen atoms in total. The van der Waals surface area contributed by atoms with E-state index in [4.69, 9.17) is 34.8 Å². The highest BCUT2D eigenvalue weighted by molar-refractivity contribution is 6.92. The molecule has 66 valence electrons. The average Bonchev–Trinajstić information content (AvgIpc) is 2.16. The van der Waals surface area contributed by atoms with E-state index in [1.807, 2.05) is 0 Å². The van der Waals surface area contributed by atoms with Crippen LogP contribution >= 0.6 is 34.8 Å². The highest BCUT2D eigenvalue weighted by Gasteiger charge is 2.33. The molecule has 0 saturated carbocycles. The minimum absolute atomic E-state index is 0.0837. The van der Waals surface area contributed by atoms with Crippen LogP contribution in [-0.2, 0) is 0 Å². The van der Waals surface area contributed by atoms with Gasteiger partial charge in [-0.1, -0.05) is 0 Å². The van der Waals surface area contributed by atoms with Crippen LogP contribution in [0.2, 0.25) is 0 Å². The van der Waals surface area contributed by atoms with Gasteiger partial charge >= 0.3 is 0 Å². The molecule has 0 spiro atoms. The van der Waals surface area contributed by atoms with Gasteiger partial charge in [-0.25, -0.2) is 0 Å². The van der Waals surface area contributed by atoms with E-state index in [0.29, 0.717) is 17.3 Å². The van der Waals surface area contributed by atoms with Crippen LogP contribution in [0.1, 0.15) is 0 Å². The third kappa shape index (κ3) is 3.02. The monoisotopic (exact) mass is 225 g/mol. The van der Waals surface area contributed by atoms with E-state index in [-0.39, 0.29) is 20.9 Å². The molecule has 0 aromatic heterocycles. The number of hydrogen-bond acceptors (Lipinski definition) is 3. The molecular formula is C3H9B3Cl3N3. The summed E-state index contributed by atoms with van der Waals surface area (Å²) in [7, 11) is 0. The lowest BCUT2D eigenvalue weighted by atomic mass is 9.52. The standard InChI is InChI=1S/C3H9B3Cl3N3/c7-1-4-10-5(2-8)12-6(3-9)11-4/h10-12H,1-3H2. The normalized spacial score (nSPS) is 18.8. The molecule has 0 bridgehead atoms. The van der Waals surface area contributed by atoms with Gasteiger partial charge in [0.2, 0.25) is 0 Å². The Morgan fingerprint density at radius 1 is 0.667 bits per heavy atom. The van der Waals surface area contributed by atoms with Crippen molar-refractivity contribution in [3.05, 3.63) is 0 Å². The summed E-state index contributed by atoms with van der Waals surface area (Å²) in [6, 6.07) is 0. The molecule has 0 aromatic rings. The molecule has 1 heterocycles. The fourth-order valence-corrected chi connectivity index (χ4v) is 1.67. The third-order valence-corrected chi connectivity index (χ3v) is 2.60. The summed E-state index contributed by atoms with van der Waals surface area (Å²) in [6.07, 6.45) is 0. The van der Waals surface area contributed by atoms with Gasteiger partial charge in [-0.2, -0.15) is 0 Å². The molecule has 1 rings (SSSR count). The number of rotatable bonds is 3. The van der Waals surface area contributed by atoms with Crippen LogP contribution in [0.3, 0.4) is 0 Å². The Morgan fingerprint density at radius 2 is 0.917 bits per heavy atom. The maximum absolute atomic E-state index is 5.69. The van der Waals surface area contributed by atoms with Crippen molar-refractivity contribution in [2.75, 3.05) is 17.3 Å². The van der Waals surface area contributed by atoms with E-state index < -0.39 is 0 Å². The molecule has 0 radical (unpaired) electrons. The van der Waals surface area contributed by atoms with Gasteiger partial charge in [0.25, 0.3) is 20.9 Å². The predicted molar refractivity (Wildman–Crippen MR) is 58.8 cm³/mol. The van der Waals surface area contributed by atoms with Crippen LogP contribution in [-0.4, -0.2) is 38.3 Å². The van der Waals surface area contributed by atoms with Crippen LogP contribution in [0.5, 0.6) is 0 Å². The summed E-state index contributed by atoms with van der Waals surface area (Å²) < 4.78 is 0. The van der Waals surface area contributed by atoms with E-state index in [1.54, 1.807) is 0 Å². The van der Waals surface area contributed by atoms with E-state index in [2.05, 4.69) is 15.4 Å². The largest absolute Gasteiger partial charge is 0.370 e. The topological polar surface area (TPSA) is 36.1 Å². The van der Waals surface area contributed by atoms with Crippen LogP contribution in [0.25, 0.3) is 0 Å². The third-order valence-electron chi connectivity index (χ3n) is 1.67. The smallest absolute Gasteiger partial charge is 0.300 e. The predicted octanol–water partition coefficient (Wildman–Crippen LogP) is -0.433.